The Morgan fingerprint density at radius 2 is 1.56 bits per heavy atom. The Bertz CT molecular complexity index is 86.1. The van der Waals surface area contributed by atoms with Crippen LogP contribution in [-0.2, 0) is 0 Å². The van der Waals surface area contributed by atoms with E-state index < -0.39 is 0 Å². The first-order chi connectivity index (χ1) is 3.97. The molecule has 0 aromatic carbocycles. The molecule has 0 atom stereocenters. The maximum absolute atomic E-state index is 8.40. The number of aliphatic hydroxyl groups excluding tert-OH is 1. The van der Waals surface area contributed by atoms with Crippen LogP contribution < -0.4 is 0 Å². The number of nitrogens with zero attached hydrogens (tertiary/aromatic N) is 1. The molecule has 0 fully saturated rings. The van der Waals surface area contributed by atoms with E-state index in [1.165, 1.54) is 6.92 Å². The van der Waals surface area contributed by atoms with Gasteiger partial charge in [-0.25, -0.2) is 0 Å². The molecule has 54 valence electrons. The zero-order valence-electron chi connectivity index (χ0n) is 6.60. The molecule has 2 heteroatoms. The molecule has 0 aromatic heterocycles. The fourth-order valence-electron chi connectivity index (χ4n) is 0. The molecule has 9 heavy (non-hydrogen) atoms. The van der Waals surface area contributed by atoms with Gasteiger partial charge in [0.2, 0.25) is 0 Å². The molecule has 0 radical (unpaired) electrons. The van der Waals surface area contributed by atoms with Crippen molar-refractivity contribution in [2.45, 2.75) is 27.7 Å². The van der Waals surface area contributed by atoms with Crippen LogP contribution >= 0.6 is 0 Å². The highest BCUT2D eigenvalue weighted by Gasteiger charge is 2.05. The SMILES string of the molecule is CC#N.CC(C)(C)CO. The molecule has 0 aliphatic carbocycles. The summed E-state index contributed by atoms with van der Waals surface area (Å²) in [5, 5.41) is 15.7. The second-order valence-corrected chi connectivity index (χ2v) is 2.94. The molecular formula is C7H15NO. The van der Waals surface area contributed by atoms with E-state index in [2.05, 4.69) is 0 Å². The first-order valence-electron chi connectivity index (χ1n) is 2.89. The molecule has 0 saturated heterocycles. The van der Waals surface area contributed by atoms with E-state index in [1.54, 1.807) is 6.07 Å². The van der Waals surface area contributed by atoms with Crippen molar-refractivity contribution in [3.8, 4) is 6.07 Å². The van der Waals surface area contributed by atoms with Gasteiger partial charge in [0.25, 0.3) is 0 Å². The highest BCUT2D eigenvalue weighted by molar-refractivity contribution is 4.55. The van der Waals surface area contributed by atoms with E-state index in [4.69, 9.17) is 10.4 Å². The third-order valence-corrected chi connectivity index (χ3v) is 0.474. The lowest BCUT2D eigenvalue weighted by Gasteiger charge is -2.11. The van der Waals surface area contributed by atoms with Crippen molar-refractivity contribution in [3.63, 3.8) is 0 Å². The summed E-state index contributed by atoms with van der Waals surface area (Å²) in [6.07, 6.45) is 0. The molecule has 0 saturated carbocycles. The largest absolute Gasteiger partial charge is 0.396 e. The Balaban J connectivity index is 0. The Morgan fingerprint density at radius 3 is 1.56 bits per heavy atom. The summed E-state index contributed by atoms with van der Waals surface area (Å²) in [6, 6.07) is 1.75. The average molecular weight is 129 g/mol. The lowest BCUT2D eigenvalue weighted by Crippen LogP contribution is -2.09. The van der Waals surface area contributed by atoms with E-state index in [0.717, 1.165) is 0 Å². The maximum atomic E-state index is 8.40. The molecule has 2 nitrogen and oxygen atoms in total. The van der Waals surface area contributed by atoms with Gasteiger partial charge in [-0.05, 0) is 5.41 Å². The Morgan fingerprint density at radius 1 is 1.44 bits per heavy atom. The Kier molecular flexibility index (Phi) is 6.99. The smallest absolute Gasteiger partial charge is 0.0587 e. The van der Waals surface area contributed by atoms with Gasteiger partial charge in [-0.1, -0.05) is 20.8 Å². The normalized spacial score (nSPS) is 8.89. The highest BCUT2D eigenvalue weighted by Crippen LogP contribution is 2.09. The van der Waals surface area contributed by atoms with E-state index >= 15 is 0 Å². The van der Waals surface area contributed by atoms with Crippen LogP contribution in [0.2, 0.25) is 0 Å². The summed E-state index contributed by atoms with van der Waals surface area (Å²) in [4.78, 5) is 0. The molecular weight excluding hydrogens is 114 g/mol. The second kappa shape index (κ2) is 5.58. The van der Waals surface area contributed by atoms with E-state index in [0.29, 0.717) is 0 Å². The Labute approximate surface area is 57.1 Å². The monoisotopic (exact) mass is 129 g/mol. The van der Waals surface area contributed by atoms with Gasteiger partial charge in [-0.15, -0.1) is 0 Å². The zero-order valence-corrected chi connectivity index (χ0v) is 6.60. The average Bonchev–Trinajstić information content (AvgIpc) is 1.67. The predicted octanol–water partition coefficient (Wildman–Crippen LogP) is 1.55. The fourth-order valence-corrected chi connectivity index (χ4v) is 0. The minimum atomic E-state index is 0.0972. The van der Waals surface area contributed by atoms with Gasteiger partial charge in [0.1, 0.15) is 0 Å². The minimum absolute atomic E-state index is 0.0972. The molecule has 0 amide bonds. The topological polar surface area (TPSA) is 44.0 Å². The van der Waals surface area contributed by atoms with Crippen molar-refractivity contribution in [1.82, 2.24) is 0 Å². The number of hydrogen-bond acceptors (Lipinski definition) is 2. The fraction of sp³-hybridized carbons (Fsp3) is 0.857. The highest BCUT2D eigenvalue weighted by atomic mass is 16.3. The van der Waals surface area contributed by atoms with Gasteiger partial charge in [-0.3, -0.25) is 0 Å². The molecule has 0 rings (SSSR count). The van der Waals surface area contributed by atoms with Crippen LogP contribution in [0, 0.1) is 16.7 Å². The van der Waals surface area contributed by atoms with Crippen molar-refractivity contribution in [1.29, 1.82) is 5.26 Å². The lowest BCUT2D eigenvalue weighted by molar-refractivity contribution is 0.177. The first kappa shape index (κ1) is 11.3. The van der Waals surface area contributed by atoms with Crippen LogP contribution in [0.1, 0.15) is 27.7 Å². The van der Waals surface area contributed by atoms with Crippen LogP contribution in [-0.4, -0.2) is 11.7 Å². The second-order valence-electron chi connectivity index (χ2n) is 2.94. The summed E-state index contributed by atoms with van der Waals surface area (Å²) < 4.78 is 0. The number of hydrogen-bond donors (Lipinski definition) is 1. The molecule has 1 N–H and O–H groups in total. The maximum Gasteiger partial charge on any atom is 0.0587 e. The Hall–Kier alpha value is -0.550. The summed E-state index contributed by atoms with van der Waals surface area (Å²) >= 11 is 0. The molecule has 0 aliphatic rings. The third kappa shape index (κ3) is 36.9. The standard InChI is InChI=1S/C5H12O.C2H3N/c1-5(2,3)4-6;1-2-3/h6H,4H2,1-3H3;1H3. The van der Waals surface area contributed by atoms with Gasteiger partial charge in [0.05, 0.1) is 6.07 Å². The van der Waals surface area contributed by atoms with Crippen LogP contribution in [0.15, 0.2) is 0 Å². The van der Waals surface area contributed by atoms with Gasteiger partial charge < -0.3 is 5.11 Å². The van der Waals surface area contributed by atoms with Crippen molar-refractivity contribution in [2.75, 3.05) is 6.61 Å². The first-order valence-corrected chi connectivity index (χ1v) is 2.89. The van der Waals surface area contributed by atoms with E-state index in [-0.39, 0.29) is 12.0 Å². The van der Waals surface area contributed by atoms with Crippen molar-refractivity contribution < 1.29 is 5.11 Å². The minimum Gasteiger partial charge on any atom is -0.396 e. The van der Waals surface area contributed by atoms with Gasteiger partial charge in [-0.2, -0.15) is 5.26 Å². The molecule has 0 heterocycles. The summed E-state index contributed by atoms with van der Waals surface area (Å²) in [5.41, 5.74) is 0.0972. The van der Waals surface area contributed by atoms with Crippen LogP contribution in [0.4, 0.5) is 0 Å². The molecule has 0 spiro atoms. The predicted molar refractivity (Wildman–Crippen MR) is 37.8 cm³/mol. The van der Waals surface area contributed by atoms with Gasteiger partial charge in [0.15, 0.2) is 0 Å². The molecule has 0 aromatic rings. The lowest BCUT2D eigenvalue weighted by atomic mass is 9.99. The van der Waals surface area contributed by atoms with E-state index in [1.807, 2.05) is 20.8 Å². The number of nitriles is 1. The molecule has 0 unspecified atom stereocenters. The van der Waals surface area contributed by atoms with Gasteiger partial charge >= 0.3 is 0 Å². The summed E-state index contributed by atoms with van der Waals surface area (Å²) in [7, 11) is 0. The van der Waals surface area contributed by atoms with Crippen molar-refractivity contribution in [2.24, 2.45) is 5.41 Å². The third-order valence-electron chi connectivity index (χ3n) is 0.474. The van der Waals surface area contributed by atoms with Crippen molar-refractivity contribution in [3.05, 3.63) is 0 Å². The molecule has 0 aliphatic heterocycles. The number of rotatable bonds is 0. The van der Waals surface area contributed by atoms with Crippen LogP contribution in [0.5, 0.6) is 0 Å². The van der Waals surface area contributed by atoms with Crippen LogP contribution in [0.25, 0.3) is 0 Å². The quantitative estimate of drug-likeness (QED) is 0.539. The van der Waals surface area contributed by atoms with Crippen LogP contribution in [0.3, 0.4) is 0 Å². The van der Waals surface area contributed by atoms with E-state index in [9.17, 15) is 0 Å². The zero-order chi connectivity index (χ0) is 7.91. The number of aliphatic hydroxyl groups is 1. The summed E-state index contributed by atoms with van der Waals surface area (Å²) in [5.74, 6) is 0. The van der Waals surface area contributed by atoms with Gasteiger partial charge in [0, 0.05) is 13.5 Å². The van der Waals surface area contributed by atoms with Crippen molar-refractivity contribution >= 4 is 0 Å². The molecule has 0 bridgehead atoms. The summed E-state index contributed by atoms with van der Waals surface area (Å²) in [6.45, 7) is 7.68.